The molecule has 90 valence electrons. The highest BCUT2D eigenvalue weighted by Crippen LogP contribution is 2.19. The maximum absolute atomic E-state index is 2.57. The number of fused-ring (bicyclic) bond motifs is 1. The van der Waals surface area contributed by atoms with Crippen molar-refractivity contribution >= 4 is 10.9 Å². The maximum Gasteiger partial charge on any atom is 0.0510 e. The summed E-state index contributed by atoms with van der Waals surface area (Å²) < 4.78 is 2.41. The lowest BCUT2D eigenvalue weighted by molar-refractivity contribution is 0.324. The molecule has 0 saturated carbocycles. The Balaban J connectivity index is 1.80. The van der Waals surface area contributed by atoms with Crippen LogP contribution in [-0.2, 0) is 6.54 Å². The fraction of sp³-hybridized carbons (Fsp3) is 0.467. The van der Waals surface area contributed by atoms with E-state index in [0.29, 0.717) is 0 Å². The molecule has 1 aliphatic heterocycles. The highest BCUT2D eigenvalue weighted by atomic mass is 15.2. The minimum absolute atomic E-state index is 1.12. The quantitative estimate of drug-likeness (QED) is 0.784. The van der Waals surface area contributed by atoms with Crippen molar-refractivity contribution in [3.05, 3.63) is 36.0 Å². The summed E-state index contributed by atoms with van der Waals surface area (Å²) in [4.78, 5) is 2.57. The molecule has 2 heterocycles. The van der Waals surface area contributed by atoms with Crippen LogP contribution in [0.5, 0.6) is 0 Å². The minimum atomic E-state index is 1.12. The normalized spacial score (nSPS) is 17.0. The molecular weight excluding hydrogens is 208 g/mol. The van der Waals surface area contributed by atoms with E-state index in [1.165, 1.54) is 48.9 Å². The average molecular weight is 228 g/mol. The number of aromatic nitrogens is 1. The molecule has 0 bridgehead atoms. The summed E-state index contributed by atoms with van der Waals surface area (Å²) in [6, 6.07) is 8.78. The number of likely N-dealkylation sites (tertiary alicyclic amines) is 1. The SMILES string of the molecule is Cc1cccc2ccn(CCN3CCCC3)c12. The fourth-order valence-electron chi connectivity index (χ4n) is 2.90. The van der Waals surface area contributed by atoms with Crippen molar-refractivity contribution in [1.82, 2.24) is 9.47 Å². The molecule has 1 aromatic carbocycles. The molecule has 1 fully saturated rings. The highest BCUT2D eigenvalue weighted by molar-refractivity contribution is 5.83. The summed E-state index contributed by atoms with van der Waals surface area (Å²) in [5, 5.41) is 1.37. The molecule has 2 heteroatoms. The zero-order chi connectivity index (χ0) is 11.7. The molecule has 0 N–H and O–H groups in total. The summed E-state index contributed by atoms with van der Waals surface area (Å²) >= 11 is 0. The third-order valence-corrected chi connectivity index (χ3v) is 3.85. The Kier molecular flexibility index (Phi) is 2.89. The lowest BCUT2D eigenvalue weighted by atomic mass is 10.2. The predicted octanol–water partition coefficient (Wildman–Crippen LogP) is 3.05. The second-order valence-corrected chi connectivity index (χ2v) is 5.07. The number of benzene rings is 1. The number of aryl methyl sites for hydroxylation is 1. The topological polar surface area (TPSA) is 8.17 Å². The molecule has 2 aromatic rings. The van der Waals surface area contributed by atoms with Crippen LogP contribution in [0.15, 0.2) is 30.5 Å². The first-order valence-electron chi connectivity index (χ1n) is 6.61. The van der Waals surface area contributed by atoms with Crippen molar-refractivity contribution in [3.8, 4) is 0 Å². The molecule has 1 saturated heterocycles. The second kappa shape index (κ2) is 4.53. The molecule has 0 unspecified atom stereocenters. The average Bonchev–Trinajstić information content (AvgIpc) is 2.95. The van der Waals surface area contributed by atoms with E-state index in [4.69, 9.17) is 0 Å². The third kappa shape index (κ3) is 2.09. The van der Waals surface area contributed by atoms with Gasteiger partial charge in [0.25, 0.3) is 0 Å². The number of hydrogen-bond donors (Lipinski definition) is 0. The molecule has 2 nitrogen and oxygen atoms in total. The van der Waals surface area contributed by atoms with E-state index >= 15 is 0 Å². The Bertz CT molecular complexity index is 507. The lowest BCUT2D eigenvalue weighted by Crippen LogP contribution is -2.23. The van der Waals surface area contributed by atoms with Crippen LogP contribution in [0.4, 0.5) is 0 Å². The standard InChI is InChI=1S/C15H20N2/c1-13-5-4-6-14-7-10-17(15(13)14)12-11-16-8-2-3-9-16/h4-7,10H,2-3,8-9,11-12H2,1H3. The van der Waals surface area contributed by atoms with Gasteiger partial charge in [-0.3, -0.25) is 0 Å². The van der Waals surface area contributed by atoms with Crippen LogP contribution >= 0.6 is 0 Å². The molecule has 0 radical (unpaired) electrons. The van der Waals surface area contributed by atoms with Gasteiger partial charge < -0.3 is 9.47 Å². The van der Waals surface area contributed by atoms with Gasteiger partial charge >= 0.3 is 0 Å². The first kappa shape index (κ1) is 10.8. The smallest absolute Gasteiger partial charge is 0.0510 e. The number of para-hydroxylation sites is 1. The van der Waals surface area contributed by atoms with Crippen LogP contribution in [0.25, 0.3) is 10.9 Å². The molecule has 1 aromatic heterocycles. The van der Waals surface area contributed by atoms with E-state index in [9.17, 15) is 0 Å². The molecule has 0 amide bonds. The number of hydrogen-bond acceptors (Lipinski definition) is 1. The predicted molar refractivity (Wildman–Crippen MR) is 72.3 cm³/mol. The molecule has 3 rings (SSSR count). The van der Waals surface area contributed by atoms with Crippen LogP contribution in [0.2, 0.25) is 0 Å². The van der Waals surface area contributed by atoms with Crippen molar-refractivity contribution in [3.63, 3.8) is 0 Å². The van der Waals surface area contributed by atoms with Gasteiger partial charge in [-0.05, 0) is 49.9 Å². The Morgan fingerprint density at radius 2 is 1.88 bits per heavy atom. The van der Waals surface area contributed by atoms with Gasteiger partial charge in [0.1, 0.15) is 0 Å². The Hall–Kier alpha value is -1.28. The molecule has 0 spiro atoms. The Labute approximate surface area is 103 Å². The van der Waals surface area contributed by atoms with Gasteiger partial charge in [-0.15, -0.1) is 0 Å². The third-order valence-electron chi connectivity index (χ3n) is 3.85. The van der Waals surface area contributed by atoms with Crippen LogP contribution < -0.4 is 0 Å². The first-order chi connectivity index (χ1) is 8.34. The largest absolute Gasteiger partial charge is 0.346 e. The zero-order valence-corrected chi connectivity index (χ0v) is 10.5. The van der Waals surface area contributed by atoms with Gasteiger partial charge in [-0.2, -0.15) is 0 Å². The Morgan fingerprint density at radius 3 is 2.71 bits per heavy atom. The summed E-state index contributed by atoms with van der Waals surface area (Å²) in [5.41, 5.74) is 2.79. The van der Waals surface area contributed by atoms with E-state index in [1.54, 1.807) is 0 Å². The van der Waals surface area contributed by atoms with Gasteiger partial charge in [0.2, 0.25) is 0 Å². The van der Waals surface area contributed by atoms with Gasteiger partial charge in [0.05, 0.1) is 5.52 Å². The summed E-state index contributed by atoms with van der Waals surface area (Å²) in [6.45, 7) is 7.09. The minimum Gasteiger partial charge on any atom is -0.346 e. The van der Waals surface area contributed by atoms with Gasteiger partial charge in [0, 0.05) is 19.3 Å². The first-order valence-corrected chi connectivity index (χ1v) is 6.61. The van der Waals surface area contributed by atoms with Crippen LogP contribution in [0.1, 0.15) is 18.4 Å². The van der Waals surface area contributed by atoms with Crippen LogP contribution in [0, 0.1) is 6.92 Å². The zero-order valence-electron chi connectivity index (χ0n) is 10.5. The summed E-state index contributed by atoms with van der Waals surface area (Å²) in [6.07, 6.45) is 4.99. The number of nitrogens with zero attached hydrogens (tertiary/aromatic N) is 2. The monoisotopic (exact) mass is 228 g/mol. The fourth-order valence-corrected chi connectivity index (χ4v) is 2.90. The van der Waals surface area contributed by atoms with E-state index in [-0.39, 0.29) is 0 Å². The second-order valence-electron chi connectivity index (χ2n) is 5.07. The van der Waals surface area contributed by atoms with Crippen LogP contribution in [0.3, 0.4) is 0 Å². The van der Waals surface area contributed by atoms with Gasteiger partial charge in [-0.25, -0.2) is 0 Å². The molecule has 1 aliphatic rings. The highest BCUT2D eigenvalue weighted by Gasteiger charge is 2.11. The van der Waals surface area contributed by atoms with E-state index in [2.05, 4.69) is 46.9 Å². The van der Waals surface area contributed by atoms with E-state index in [1.807, 2.05) is 0 Å². The van der Waals surface area contributed by atoms with Crippen molar-refractivity contribution in [1.29, 1.82) is 0 Å². The van der Waals surface area contributed by atoms with E-state index in [0.717, 1.165) is 6.54 Å². The Morgan fingerprint density at radius 1 is 1.06 bits per heavy atom. The maximum atomic E-state index is 2.57. The van der Waals surface area contributed by atoms with Crippen molar-refractivity contribution in [2.75, 3.05) is 19.6 Å². The van der Waals surface area contributed by atoms with Gasteiger partial charge in [-0.1, -0.05) is 18.2 Å². The molecular formula is C15H20N2. The van der Waals surface area contributed by atoms with Crippen molar-refractivity contribution in [2.24, 2.45) is 0 Å². The van der Waals surface area contributed by atoms with Crippen molar-refractivity contribution < 1.29 is 0 Å². The number of rotatable bonds is 3. The van der Waals surface area contributed by atoms with Crippen LogP contribution in [-0.4, -0.2) is 29.1 Å². The van der Waals surface area contributed by atoms with E-state index < -0.39 is 0 Å². The summed E-state index contributed by atoms with van der Waals surface area (Å²) in [5.74, 6) is 0. The molecule has 17 heavy (non-hydrogen) atoms. The van der Waals surface area contributed by atoms with Gasteiger partial charge in [0.15, 0.2) is 0 Å². The summed E-state index contributed by atoms with van der Waals surface area (Å²) in [7, 11) is 0. The molecule has 0 aliphatic carbocycles. The molecule has 0 atom stereocenters. The van der Waals surface area contributed by atoms with Crippen molar-refractivity contribution in [2.45, 2.75) is 26.3 Å². The lowest BCUT2D eigenvalue weighted by Gasteiger charge is -2.15.